The smallest absolute Gasteiger partial charge is 0.192 e. The predicted octanol–water partition coefficient (Wildman–Crippen LogP) is 6.26. The third-order valence-electron chi connectivity index (χ3n) is 6.20. The third-order valence-corrected chi connectivity index (χ3v) is 8.75. The molecule has 1 saturated carbocycles. The number of rotatable bonds is 5. The maximum atomic E-state index is 14.3. The van der Waals surface area contributed by atoms with Gasteiger partial charge in [0.25, 0.3) is 0 Å². The van der Waals surface area contributed by atoms with E-state index in [1.165, 1.54) is 24.3 Å². The van der Waals surface area contributed by atoms with E-state index in [0.717, 1.165) is 32.1 Å². The number of sulfone groups is 1. The lowest BCUT2D eigenvalue weighted by Gasteiger charge is -2.43. The minimum absolute atomic E-state index is 0.202. The molecule has 0 aromatic heterocycles. The highest BCUT2D eigenvalue weighted by Gasteiger charge is 2.53. The van der Waals surface area contributed by atoms with Crippen LogP contribution in [0.15, 0.2) is 83.8 Å². The molecule has 1 aliphatic carbocycles. The van der Waals surface area contributed by atoms with Gasteiger partial charge in [0.15, 0.2) is 9.84 Å². The van der Waals surface area contributed by atoms with Crippen LogP contribution in [-0.4, -0.2) is 8.42 Å². The normalized spacial score (nSPS) is 15.8. The lowest BCUT2D eigenvalue weighted by Crippen LogP contribution is -2.45. The van der Waals surface area contributed by atoms with Crippen LogP contribution in [0.25, 0.3) is 0 Å². The Bertz CT molecular complexity index is 1040. The van der Waals surface area contributed by atoms with E-state index in [2.05, 4.69) is 0 Å². The first-order valence-corrected chi connectivity index (χ1v) is 11.8. The second kappa shape index (κ2) is 8.31. The van der Waals surface area contributed by atoms with Crippen molar-refractivity contribution in [2.24, 2.45) is 5.92 Å². The summed E-state index contributed by atoms with van der Waals surface area (Å²) in [7, 11) is -3.94. The van der Waals surface area contributed by atoms with Crippen LogP contribution >= 0.6 is 0 Å². The van der Waals surface area contributed by atoms with Crippen molar-refractivity contribution in [3.63, 3.8) is 0 Å². The maximum absolute atomic E-state index is 14.3. The molecule has 0 bridgehead atoms. The molecule has 3 aromatic rings. The highest BCUT2D eigenvalue weighted by molar-refractivity contribution is 7.92. The SMILES string of the molecule is O=S(=O)(c1ccccc1)C(c1ccc(F)cc1)(c1ccc(F)cc1)C1CCCCC1. The molecule has 0 radical (unpaired) electrons. The third kappa shape index (κ3) is 3.45. The molecule has 3 aromatic carbocycles. The monoisotopic (exact) mass is 426 g/mol. The predicted molar refractivity (Wildman–Crippen MR) is 114 cm³/mol. The van der Waals surface area contributed by atoms with Gasteiger partial charge in [0.2, 0.25) is 0 Å². The fourth-order valence-electron chi connectivity index (χ4n) is 4.86. The summed E-state index contributed by atoms with van der Waals surface area (Å²) in [4.78, 5) is 0.212. The Balaban J connectivity index is 2.07. The molecule has 0 atom stereocenters. The molecule has 0 aliphatic heterocycles. The molecule has 0 unspecified atom stereocenters. The van der Waals surface area contributed by atoms with Gasteiger partial charge >= 0.3 is 0 Å². The average Bonchev–Trinajstić information content (AvgIpc) is 2.78. The standard InChI is InChI=1S/C25H24F2O2S/c26-22-15-11-20(12-16-22)25(19-7-3-1-4-8-19,21-13-17-23(27)18-14-21)30(28,29)24-9-5-2-6-10-24/h2,5-6,9-19H,1,3-4,7-8H2. The van der Waals surface area contributed by atoms with E-state index in [1.807, 2.05) is 0 Å². The molecule has 0 amide bonds. The van der Waals surface area contributed by atoms with Gasteiger partial charge in [-0.3, -0.25) is 0 Å². The van der Waals surface area contributed by atoms with E-state index in [4.69, 9.17) is 0 Å². The van der Waals surface area contributed by atoms with Crippen LogP contribution in [0.2, 0.25) is 0 Å². The van der Waals surface area contributed by atoms with Gasteiger partial charge in [-0.2, -0.15) is 0 Å². The molecule has 0 heterocycles. The van der Waals surface area contributed by atoms with E-state index in [9.17, 15) is 17.2 Å². The van der Waals surface area contributed by atoms with Crippen molar-refractivity contribution < 1.29 is 17.2 Å². The van der Waals surface area contributed by atoms with Crippen molar-refractivity contribution in [3.8, 4) is 0 Å². The molecule has 0 saturated heterocycles. The van der Waals surface area contributed by atoms with Crippen molar-refractivity contribution in [1.29, 1.82) is 0 Å². The number of hydrogen-bond donors (Lipinski definition) is 0. The summed E-state index contributed by atoms with van der Waals surface area (Å²) in [6.07, 6.45) is 4.39. The van der Waals surface area contributed by atoms with Crippen molar-refractivity contribution in [3.05, 3.63) is 102 Å². The topological polar surface area (TPSA) is 34.1 Å². The first kappa shape index (κ1) is 20.7. The first-order chi connectivity index (χ1) is 14.5. The average molecular weight is 427 g/mol. The summed E-state index contributed by atoms with van der Waals surface area (Å²) >= 11 is 0. The molecule has 2 nitrogen and oxygen atoms in total. The lowest BCUT2D eigenvalue weighted by atomic mass is 9.72. The summed E-state index contributed by atoms with van der Waals surface area (Å²) in [6, 6.07) is 19.8. The van der Waals surface area contributed by atoms with Gasteiger partial charge in [-0.05, 0) is 66.3 Å². The van der Waals surface area contributed by atoms with E-state index in [0.29, 0.717) is 11.1 Å². The van der Waals surface area contributed by atoms with E-state index in [-0.39, 0.29) is 10.8 Å². The zero-order valence-corrected chi connectivity index (χ0v) is 17.4. The zero-order chi connectivity index (χ0) is 21.2. The van der Waals surface area contributed by atoms with E-state index < -0.39 is 26.2 Å². The molecule has 5 heteroatoms. The number of hydrogen-bond acceptors (Lipinski definition) is 2. The van der Waals surface area contributed by atoms with Gasteiger partial charge in [-0.15, -0.1) is 0 Å². The molecule has 1 fully saturated rings. The summed E-state index contributed by atoms with van der Waals surface area (Å²) in [5.41, 5.74) is 1.04. The summed E-state index contributed by atoms with van der Waals surface area (Å²) in [5, 5.41) is 0. The van der Waals surface area contributed by atoms with Crippen LogP contribution in [0.5, 0.6) is 0 Å². The van der Waals surface area contributed by atoms with Crippen LogP contribution in [0.4, 0.5) is 8.78 Å². The zero-order valence-electron chi connectivity index (χ0n) is 16.6. The van der Waals surface area contributed by atoms with Crippen LogP contribution in [0, 0.1) is 17.6 Å². The minimum Gasteiger partial charge on any atom is -0.222 e. The molecule has 0 N–H and O–H groups in total. The highest BCUT2D eigenvalue weighted by atomic mass is 32.2. The van der Waals surface area contributed by atoms with Crippen molar-refractivity contribution in [2.45, 2.75) is 41.7 Å². The van der Waals surface area contributed by atoms with Crippen LogP contribution in [0.3, 0.4) is 0 Å². The van der Waals surface area contributed by atoms with E-state index >= 15 is 0 Å². The Morgan fingerprint density at radius 1 is 0.667 bits per heavy atom. The second-order valence-electron chi connectivity index (χ2n) is 7.90. The Morgan fingerprint density at radius 2 is 1.13 bits per heavy atom. The summed E-state index contributed by atoms with van der Waals surface area (Å²) in [5.74, 6) is -1.05. The second-order valence-corrected chi connectivity index (χ2v) is 10.0. The van der Waals surface area contributed by atoms with Gasteiger partial charge in [-0.1, -0.05) is 61.7 Å². The Labute approximate surface area is 176 Å². The molecule has 30 heavy (non-hydrogen) atoms. The fraction of sp³-hybridized carbons (Fsp3) is 0.280. The molecule has 4 rings (SSSR count). The Kier molecular flexibility index (Phi) is 5.74. The quantitative estimate of drug-likeness (QED) is 0.482. The first-order valence-electron chi connectivity index (χ1n) is 10.3. The Morgan fingerprint density at radius 3 is 1.60 bits per heavy atom. The summed E-state index contributed by atoms with van der Waals surface area (Å²) < 4.78 is 54.8. The minimum atomic E-state index is -3.94. The van der Waals surface area contributed by atoms with E-state index in [1.54, 1.807) is 54.6 Å². The van der Waals surface area contributed by atoms with Crippen LogP contribution in [-0.2, 0) is 14.6 Å². The highest BCUT2D eigenvalue weighted by Crippen LogP contribution is 2.52. The van der Waals surface area contributed by atoms with Gasteiger partial charge in [0.05, 0.1) is 4.90 Å². The van der Waals surface area contributed by atoms with Crippen molar-refractivity contribution in [2.75, 3.05) is 0 Å². The Hall–Kier alpha value is -2.53. The molecule has 156 valence electrons. The maximum Gasteiger partial charge on any atom is 0.192 e. The summed E-state index contributed by atoms with van der Waals surface area (Å²) in [6.45, 7) is 0. The lowest BCUT2D eigenvalue weighted by molar-refractivity contribution is 0.295. The molecule has 0 spiro atoms. The van der Waals surface area contributed by atoms with Gasteiger partial charge in [-0.25, -0.2) is 17.2 Å². The number of halogens is 2. The van der Waals surface area contributed by atoms with Gasteiger partial charge in [0.1, 0.15) is 16.4 Å². The molecular formula is C25H24F2O2S. The fourth-order valence-corrected chi connectivity index (χ4v) is 7.31. The largest absolute Gasteiger partial charge is 0.222 e. The van der Waals surface area contributed by atoms with Crippen LogP contribution in [0.1, 0.15) is 43.2 Å². The molecular weight excluding hydrogens is 402 g/mol. The van der Waals surface area contributed by atoms with Gasteiger partial charge in [0, 0.05) is 0 Å². The van der Waals surface area contributed by atoms with Gasteiger partial charge < -0.3 is 0 Å². The van der Waals surface area contributed by atoms with Crippen molar-refractivity contribution >= 4 is 9.84 Å². The number of benzene rings is 3. The van der Waals surface area contributed by atoms with Crippen LogP contribution < -0.4 is 0 Å². The molecule has 1 aliphatic rings. The van der Waals surface area contributed by atoms with Crippen molar-refractivity contribution in [1.82, 2.24) is 0 Å².